The number of aryl methyl sites for hydroxylation is 1. The molecule has 1 aromatic heterocycles. The molecule has 0 spiro atoms. The van der Waals surface area contributed by atoms with Crippen molar-refractivity contribution in [2.45, 2.75) is 90.1 Å². The molecule has 1 fully saturated rings. The van der Waals surface area contributed by atoms with E-state index in [0.29, 0.717) is 17.7 Å². The highest BCUT2D eigenvalue weighted by Crippen LogP contribution is 2.36. The van der Waals surface area contributed by atoms with E-state index in [0.717, 1.165) is 21.7 Å². The summed E-state index contributed by atoms with van der Waals surface area (Å²) in [6.45, 7) is 11.9. The summed E-state index contributed by atoms with van der Waals surface area (Å²) in [5.41, 5.74) is 2.60. The van der Waals surface area contributed by atoms with Crippen molar-refractivity contribution in [3.8, 4) is 5.75 Å². The van der Waals surface area contributed by atoms with Crippen molar-refractivity contribution in [3.05, 3.63) is 63.8 Å². The summed E-state index contributed by atoms with van der Waals surface area (Å²) < 4.78 is 46.0. The summed E-state index contributed by atoms with van der Waals surface area (Å²) in [6.07, 6.45) is 0.0681. The van der Waals surface area contributed by atoms with Crippen molar-refractivity contribution in [1.82, 2.24) is 24.6 Å². The van der Waals surface area contributed by atoms with E-state index < -0.39 is 45.4 Å². The van der Waals surface area contributed by atoms with Gasteiger partial charge >= 0.3 is 12.2 Å². The van der Waals surface area contributed by atoms with Crippen molar-refractivity contribution in [1.29, 1.82) is 0 Å². The SMILES string of the molecule is Cc1ccc2cccc(OCc3c(Cl)ccc(S(=O)(=O)N4CCC[C@H]4C(=O)N(C)CCN(C=NC(=O)OC(C)(C)C)NC(=O)OC(C)(C)C)c3Cl)c2n1. The predicted octanol–water partition coefficient (Wildman–Crippen LogP) is 6.75. The van der Waals surface area contributed by atoms with Gasteiger partial charge < -0.3 is 19.1 Å². The van der Waals surface area contributed by atoms with Crippen LogP contribution in [-0.4, -0.2) is 96.0 Å². The van der Waals surface area contributed by atoms with Gasteiger partial charge in [-0.05, 0) is 85.6 Å². The lowest BCUT2D eigenvalue weighted by Gasteiger charge is -2.30. The van der Waals surface area contributed by atoms with E-state index in [4.69, 9.17) is 37.4 Å². The average Bonchev–Trinajstić information content (AvgIpc) is 3.55. The number of carbonyl (C=O) groups excluding carboxylic acids is 3. The van der Waals surface area contributed by atoms with Crippen molar-refractivity contribution in [2.75, 3.05) is 26.7 Å². The minimum Gasteiger partial charge on any atom is -0.487 e. The molecular weight excluding hydrogens is 747 g/mol. The smallest absolute Gasteiger partial charge is 0.435 e. The van der Waals surface area contributed by atoms with Crippen LogP contribution in [0.3, 0.4) is 0 Å². The van der Waals surface area contributed by atoms with Crippen molar-refractivity contribution >= 4 is 68.6 Å². The number of carbonyl (C=O) groups is 3. The number of aliphatic imine (C=N–C) groups is 1. The average molecular weight is 794 g/mol. The molecule has 4 rings (SSSR count). The highest BCUT2D eigenvalue weighted by atomic mass is 35.5. The van der Waals surface area contributed by atoms with Crippen LogP contribution in [0.1, 0.15) is 65.6 Å². The van der Waals surface area contributed by atoms with E-state index in [1.807, 2.05) is 31.2 Å². The maximum absolute atomic E-state index is 14.1. The number of benzene rings is 2. The third kappa shape index (κ3) is 11.2. The maximum atomic E-state index is 14.1. The van der Waals surface area contributed by atoms with Crippen LogP contribution in [0.2, 0.25) is 10.0 Å². The van der Waals surface area contributed by atoms with Gasteiger partial charge in [-0.3, -0.25) is 9.80 Å². The number of ether oxygens (including phenoxy) is 3. The number of hydrogen-bond donors (Lipinski definition) is 1. The second-order valence-corrected chi connectivity index (χ2v) is 17.1. The highest BCUT2D eigenvalue weighted by molar-refractivity contribution is 7.89. The number of rotatable bonds is 11. The van der Waals surface area contributed by atoms with Gasteiger partial charge in [0.2, 0.25) is 15.9 Å². The second kappa shape index (κ2) is 16.9. The van der Waals surface area contributed by atoms with E-state index in [9.17, 15) is 22.8 Å². The summed E-state index contributed by atoms with van der Waals surface area (Å²) in [6, 6.07) is 11.1. The Kier molecular flexibility index (Phi) is 13.2. The van der Waals surface area contributed by atoms with Gasteiger partial charge in [0.25, 0.3) is 0 Å². The standard InChI is InChI=1S/C36H46Cl2N6O8S/c1-23-14-15-24-11-9-13-28(31(24)40-23)50-21-25-26(37)16-17-29(30(25)38)53(48,49)44-18-10-12-27(44)32(45)42(8)19-20-43(41-34(47)52-36(5,6)7)22-39-33(46)51-35(2,3)4/h9,11,13-17,22,27H,10,12,18-21H2,1-8H3,(H,41,47)/t27-/m0/s1. The lowest BCUT2D eigenvalue weighted by molar-refractivity contribution is -0.133. The summed E-state index contributed by atoms with van der Waals surface area (Å²) >= 11 is 13.3. The van der Waals surface area contributed by atoms with E-state index in [1.54, 1.807) is 47.6 Å². The Morgan fingerprint density at radius 2 is 1.72 bits per heavy atom. The molecule has 1 atom stereocenters. The lowest BCUT2D eigenvalue weighted by Crippen LogP contribution is -2.50. The molecule has 1 aliphatic heterocycles. The minimum atomic E-state index is -4.29. The molecule has 1 N–H and O–H groups in total. The molecule has 1 saturated heterocycles. The number of para-hydroxylation sites is 1. The topological polar surface area (TPSA) is 160 Å². The zero-order chi connectivity index (χ0) is 39.3. The quantitative estimate of drug-likeness (QED) is 0.125. The third-order valence-electron chi connectivity index (χ3n) is 7.80. The predicted molar refractivity (Wildman–Crippen MR) is 203 cm³/mol. The minimum absolute atomic E-state index is 0.00505. The highest BCUT2D eigenvalue weighted by Gasteiger charge is 2.42. The number of hydrogen-bond acceptors (Lipinski definition) is 9. The first kappa shape index (κ1) is 41.6. The molecule has 3 amide bonds. The molecule has 288 valence electrons. The van der Waals surface area contributed by atoms with Crippen molar-refractivity contribution in [2.24, 2.45) is 4.99 Å². The number of halogens is 2. The van der Waals surface area contributed by atoms with Gasteiger partial charge in [-0.2, -0.15) is 9.30 Å². The first-order valence-corrected chi connectivity index (χ1v) is 19.1. The molecule has 14 nitrogen and oxygen atoms in total. The Balaban J connectivity index is 1.49. The van der Waals surface area contributed by atoms with Crippen LogP contribution in [0.15, 0.2) is 52.4 Å². The molecular formula is C36H46Cl2N6O8S. The maximum Gasteiger partial charge on any atom is 0.435 e. The van der Waals surface area contributed by atoms with Gasteiger partial charge in [0.15, 0.2) is 0 Å². The fourth-order valence-electron chi connectivity index (χ4n) is 5.38. The fourth-order valence-corrected chi connectivity index (χ4v) is 7.90. The Bertz CT molecular complexity index is 1980. The number of likely N-dealkylation sites (N-methyl/N-ethyl adjacent to an activating group) is 1. The van der Waals surface area contributed by atoms with Crippen LogP contribution in [0.5, 0.6) is 5.75 Å². The zero-order valence-corrected chi connectivity index (χ0v) is 33.4. The van der Waals surface area contributed by atoms with Gasteiger partial charge in [-0.1, -0.05) is 41.4 Å². The number of nitrogens with one attached hydrogen (secondary N) is 1. The molecule has 17 heteroatoms. The molecule has 3 aromatic rings. The molecule has 0 unspecified atom stereocenters. The molecule has 2 heterocycles. The number of pyridine rings is 1. The fraction of sp³-hybridized carbons (Fsp3) is 0.472. The first-order valence-electron chi connectivity index (χ1n) is 16.9. The van der Waals surface area contributed by atoms with Gasteiger partial charge in [0.05, 0.1) is 11.6 Å². The van der Waals surface area contributed by atoms with Crippen molar-refractivity contribution in [3.63, 3.8) is 0 Å². The van der Waals surface area contributed by atoms with Crippen LogP contribution < -0.4 is 10.2 Å². The van der Waals surface area contributed by atoms with Gasteiger partial charge in [-0.25, -0.2) is 28.4 Å². The molecule has 53 heavy (non-hydrogen) atoms. The van der Waals surface area contributed by atoms with Crippen LogP contribution in [0.25, 0.3) is 10.9 Å². The van der Waals surface area contributed by atoms with Gasteiger partial charge in [0, 0.05) is 41.8 Å². The number of fused-ring (bicyclic) bond motifs is 1. The van der Waals surface area contributed by atoms with E-state index in [-0.39, 0.29) is 53.2 Å². The Hall–Kier alpha value is -4.18. The van der Waals surface area contributed by atoms with Crippen LogP contribution in [0.4, 0.5) is 9.59 Å². The van der Waals surface area contributed by atoms with Gasteiger partial charge in [-0.15, -0.1) is 0 Å². The zero-order valence-electron chi connectivity index (χ0n) is 31.1. The molecule has 1 aliphatic rings. The number of hydrazine groups is 1. The monoisotopic (exact) mass is 792 g/mol. The van der Waals surface area contributed by atoms with Crippen LogP contribution >= 0.6 is 23.2 Å². The Labute approximate surface area is 320 Å². The van der Waals surface area contributed by atoms with Crippen molar-refractivity contribution < 1.29 is 37.0 Å². The molecule has 0 aliphatic carbocycles. The number of sulfonamides is 1. The number of nitrogens with zero attached hydrogens (tertiary/aromatic N) is 5. The van der Waals surface area contributed by atoms with Crippen LogP contribution in [0, 0.1) is 6.92 Å². The molecule has 0 bridgehead atoms. The van der Waals surface area contributed by atoms with Crippen LogP contribution in [-0.2, 0) is 30.9 Å². The lowest BCUT2D eigenvalue weighted by atomic mass is 10.2. The molecule has 0 saturated carbocycles. The first-order chi connectivity index (χ1) is 24.7. The number of aromatic nitrogens is 1. The molecule has 0 radical (unpaired) electrons. The summed E-state index contributed by atoms with van der Waals surface area (Å²) in [4.78, 5) is 48.0. The van der Waals surface area contributed by atoms with Gasteiger partial charge in [0.1, 0.15) is 46.4 Å². The largest absolute Gasteiger partial charge is 0.487 e. The normalized spacial score (nSPS) is 15.4. The van der Waals surface area contributed by atoms with E-state index in [2.05, 4.69) is 15.4 Å². The van der Waals surface area contributed by atoms with E-state index in [1.165, 1.54) is 29.1 Å². The summed E-state index contributed by atoms with van der Waals surface area (Å²) in [5, 5.41) is 2.16. The third-order valence-corrected chi connectivity index (χ3v) is 10.7. The Morgan fingerprint density at radius 1 is 1.02 bits per heavy atom. The summed E-state index contributed by atoms with van der Waals surface area (Å²) in [7, 11) is -2.78. The second-order valence-electron chi connectivity index (χ2n) is 14.5. The number of amides is 3. The summed E-state index contributed by atoms with van der Waals surface area (Å²) in [5.74, 6) is 0.00979. The Morgan fingerprint density at radius 3 is 2.40 bits per heavy atom. The van der Waals surface area contributed by atoms with E-state index >= 15 is 0 Å². The molecule has 2 aromatic carbocycles.